The van der Waals surface area contributed by atoms with Gasteiger partial charge in [0.25, 0.3) is 10.1 Å². The first-order chi connectivity index (χ1) is 10.6. The Balaban J connectivity index is 3.03. The normalized spacial score (nSPS) is 11.9. The Hall–Kier alpha value is -0.130. The quantitative estimate of drug-likeness (QED) is 0.300. The number of hydrogen-bond donors (Lipinski definition) is 1. The van der Waals surface area contributed by atoms with Crippen molar-refractivity contribution in [3.8, 4) is 0 Å². The number of unbranched alkanes of at least 4 members (excludes halogenated alkanes) is 11. The van der Waals surface area contributed by atoms with Gasteiger partial charge in [0.05, 0.1) is 5.75 Å². The number of hydrogen-bond acceptors (Lipinski definition) is 3. The third kappa shape index (κ3) is 19.9. The summed E-state index contributed by atoms with van der Waals surface area (Å²) in [4.78, 5) is 0. The third-order valence-electron chi connectivity index (χ3n) is 3.83. The van der Waals surface area contributed by atoms with Gasteiger partial charge in [0.15, 0.2) is 0 Å². The van der Waals surface area contributed by atoms with Gasteiger partial charge in [-0.3, -0.25) is 4.55 Å². The van der Waals surface area contributed by atoms with Gasteiger partial charge >= 0.3 is 0 Å². The molecule has 0 aliphatic carbocycles. The monoisotopic (exact) mass is 336 g/mol. The van der Waals surface area contributed by atoms with Crippen LogP contribution >= 0.6 is 0 Å². The molecule has 0 saturated carbocycles. The molecular formula is C17H36O4S. The fourth-order valence-electron chi connectivity index (χ4n) is 2.46. The van der Waals surface area contributed by atoms with E-state index in [1.54, 1.807) is 0 Å². The van der Waals surface area contributed by atoms with E-state index in [1.807, 2.05) is 0 Å². The van der Waals surface area contributed by atoms with Crippen LogP contribution in [0.3, 0.4) is 0 Å². The van der Waals surface area contributed by atoms with Crippen molar-refractivity contribution in [1.29, 1.82) is 0 Å². The molecule has 0 fully saturated rings. The maximum atomic E-state index is 10.5. The van der Waals surface area contributed by atoms with E-state index in [9.17, 15) is 8.42 Å². The summed E-state index contributed by atoms with van der Waals surface area (Å²) in [5.74, 6) is -0.133. The van der Waals surface area contributed by atoms with E-state index in [4.69, 9.17) is 9.29 Å². The van der Waals surface area contributed by atoms with Crippen molar-refractivity contribution in [2.24, 2.45) is 0 Å². The smallest absolute Gasteiger partial charge is 0.264 e. The van der Waals surface area contributed by atoms with Gasteiger partial charge in [0, 0.05) is 13.2 Å². The summed E-state index contributed by atoms with van der Waals surface area (Å²) >= 11 is 0. The van der Waals surface area contributed by atoms with Gasteiger partial charge in [-0.15, -0.1) is 0 Å². The largest absolute Gasteiger partial charge is 0.381 e. The molecule has 0 aromatic heterocycles. The minimum atomic E-state index is -3.78. The lowest BCUT2D eigenvalue weighted by Crippen LogP contribution is -2.04. The van der Waals surface area contributed by atoms with Crippen LogP contribution in [0.4, 0.5) is 0 Å². The first-order valence-corrected chi connectivity index (χ1v) is 10.7. The van der Waals surface area contributed by atoms with E-state index in [-0.39, 0.29) is 5.75 Å². The van der Waals surface area contributed by atoms with Crippen LogP contribution in [-0.2, 0) is 14.9 Å². The minimum absolute atomic E-state index is 0.133. The molecule has 22 heavy (non-hydrogen) atoms. The van der Waals surface area contributed by atoms with Gasteiger partial charge in [-0.25, -0.2) is 0 Å². The second kappa shape index (κ2) is 15.8. The SMILES string of the molecule is CCCCCCCCCCCCOCCCCCS(=O)(=O)O. The van der Waals surface area contributed by atoms with Crippen LogP contribution in [0.1, 0.15) is 90.4 Å². The highest BCUT2D eigenvalue weighted by atomic mass is 32.2. The highest BCUT2D eigenvalue weighted by Crippen LogP contribution is 2.10. The molecule has 0 atom stereocenters. The number of ether oxygens (including phenoxy) is 1. The molecule has 0 aliphatic rings. The Kier molecular flexibility index (Phi) is 15.7. The molecule has 0 rings (SSSR count). The standard InChI is InChI=1S/C17H36O4S/c1-2-3-4-5-6-7-8-9-10-12-15-21-16-13-11-14-17-22(18,19)20/h2-17H2,1H3,(H,18,19,20). The zero-order chi connectivity index (χ0) is 16.5. The van der Waals surface area contributed by atoms with Crippen molar-refractivity contribution in [2.45, 2.75) is 90.4 Å². The van der Waals surface area contributed by atoms with Crippen LogP contribution in [0.2, 0.25) is 0 Å². The second-order valence-corrected chi connectivity index (χ2v) is 7.71. The maximum Gasteiger partial charge on any atom is 0.264 e. The fraction of sp³-hybridized carbons (Fsp3) is 1.00. The van der Waals surface area contributed by atoms with E-state index in [2.05, 4.69) is 6.92 Å². The Bertz CT molecular complexity index is 315. The molecule has 0 radical (unpaired) electrons. The van der Waals surface area contributed by atoms with Crippen LogP contribution in [0.5, 0.6) is 0 Å². The predicted octanol–water partition coefficient (Wildman–Crippen LogP) is 4.98. The molecule has 1 N–H and O–H groups in total. The van der Waals surface area contributed by atoms with E-state index >= 15 is 0 Å². The summed E-state index contributed by atoms with van der Waals surface area (Å²) in [5.41, 5.74) is 0. The summed E-state index contributed by atoms with van der Waals surface area (Å²) in [5, 5.41) is 0. The van der Waals surface area contributed by atoms with Crippen LogP contribution < -0.4 is 0 Å². The van der Waals surface area contributed by atoms with Crippen LogP contribution in [0.15, 0.2) is 0 Å². The van der Waals surface area contributed by atoms with Crippen LogP contribution in [0.25, 0.3) is 0 Å². The van der Waals surface area contributed by atoms with Crippen molar-refractivity contribution in [3.05, 3.63) is 0 Å². The minimum Gasteiger partial charge on any atom is -0.381 e. The summed E-state index contributed by atoms with van der Waals surface area (Å²) in [6.45, 7) is 3.76. The molecule has 0 unspecified atom stereocenters. The summed E-state index contributed by atoms with van der Waals surface area (Å²) in [6.07, 6.45) is 15.5. The number of rotatable bonds is 17. The van der Waals surface area contributed by atoms with Crippen molar-refractivity contribution in [2.75, 3.05) is 19.0 Å². The van der Waals surface area contributed by atoms with Crippen molar-refractivity contribution in [3.63, 3.8) is 0 Å². The summed E-state index contributed by atoms with van der Waals surface area (Å²) < 4.78 is 35.1. The van der Waals surface area contributed by atoms with Crippen molar-refractivity contribution >= 4 is 10.1 Å². The summed E-state index contributed by atoms with van der Waals surface area (Å²) in [7, 11) is -3.78. The van der Waals surface area contributed by atoms with Crippen molar-refractivity contribution in [1.82, 2.24) is 0 Å². The Labute approximate surface area is 137 Å². The Morgan fingerprint density at radius 1 is 0.682 bits per heavy atom. The third-order valence-corrected chi connectivity index (χ3v) is 4.64. The molecule has 5 heteroatoms. The molecule has 0 aliphatic heterocycles. The summed E-state index contributed by atoms with van der Waals surface area (Å²) in [6, 6.07) is 0. The van der Waals surface area contributed by atoms with Gasteiger partial charge in [-0.05, 0) is 19.3 Å². The molecule has 0 spiro atoms. The van der Waals surface area contributed by atoms with Gasteiger partial charge in [-0.1, -0.05) is 71.1 Å². The molecule has 4 nitrogen and oxygen atoms in total. The molecule has 0 bridgehead atoms. The molecular weight excluding hydrogens is 300 g/mol. The van der Waals surface area contributed by atoms with Crippen molar-refractivity contribution < 1.29 is 17.7 Å². The molecule has 0 aromatic rings. The molecule has 0 heterocycles. The molecule has 0 saturated heterocycles. The molecule has 0 aromatic carbocycles. The average Bonchev–Trinajstić information content (AvgIpc) is 2.45. The average molecular weight is 337 g/mol. The zero-order valence-corrected chi connectivity index (χ0v) is 15.2. The van der Waals surface area contributed by atoms with Gasteiger partial charge in [0.1, 0.15) is 0 Å². The highest BCUT2D eigenvalue weighted by Gasteiger charge is 2.02. The lowest BCUT2D eigenvalue weighted by molar-refractivity contribution is 0.126. The fourth-order valence-corrected chi connectivity index (χ4v) is 3.03. The first kappa shape index (κ1) is 21.9. The first-order valence-electron chi connectivity index (χ1n) is 9.09. The van der Waals surface area contributed by atoms with Crippen LogP contribution in [0, 0.1) is 0 Å². The highest BCUT2D eigenvalue weighted by molar-refractivity contribution is 7.85. The van der Waals surface area contributed by atoms with E-state index in [0.29, 0.717) is 13.0 Å². The van der Waals surface area contributed by atoms with Crippen LogP contribution in [-0.4, -0.2) is 31.9 Å². The Morgan fingerprint density at radius 3 is 1.55 bits per heavy atom. The van der Waals surface area contributed by atoms with E-state index in [1.165, 1.54) is 57.8 Å². The second-order valence-electron chi connectivity index (χ2n) is 6.14. The van der Waals surface area contributed by atoms with Gasteiger partial charge in [-0.2, -0.15) is 8.42 Å². The zero-order valence-electron chi connectivity index (χ0n) is 14.4. The van der Waals surface area contributed by atoms with E-state index < -0.39 is 10.1 Å². The molecule has 0 amide bonds. The van der Waals surface area contributed by atoms with Gasteiger partial charge in [0.2, 0.25) is 0 Å². The Morgan fingerprint density at radius 2 is 1.09 bits per heavy atom. The maximum absolute atomic E-state index is 10.5. The van der Waals surface area contributed by atoms with E-state index in [0.717, 1.165) is 25.9 Å². The van der Waals surface area contributed by atoms with Gasteiger partial charge < -0.3 is 4.74 Å². The predicted molar refractivity (Wildman–Crippen MR) is 92.9 cm³/mol. The lowest BCUT2D eigenvalue weighted by Gasteiger charge is -2.04. The lowest BCUT2D eigenvalue weighted by atomic mass is 10.1. The topological polar surface area (TPSA) is 63.6 Å². The molecule has 134 valence electrons.